The van der Waals surface area contributed by atoms with Crippen LogP contribution in [0.2, 0.25) is 0 Å². The zero-order chi connectivity index (χ0) is 17.8. The molecule has 0 aliphatic heterocycles. The zero-order valence-electron chi connectivity index (χ0n) is 13.8. The van der Waals surface area contributed by atoms with Gasteiger partial charge in [-0.1, -0.05) is 37.5 Å². The third-order valence-corrected chi connectivity index (χ3v) is 5.82. The van der Waals surface area contributed by atoms with E-state index in [2.05, 4.69) is 4.72 Å². The fraction of sp³-hybridized carbons (Fsp3) is 0.625. The average molecular weight is 401 g/mol. The summed E-state index contributed by atoms with van der Waals surface area (Å²) in [6.45, 7) is 0.144. The van der Waals surface area contributed by atoms with Gasteiger partial charge in [-0.3, -0.25) is 0 Å². The fourth-order valence-corrected chi connectivity index (χ4v) is 4.77. The van der Waals surface area contributed by atoms with Crippen molar-refractivity contribution in [1.82, 2.24) is 4.72 Å². The maximum atomic E-state index is 13.0. The van der Waals surface area contributed by atoms with Gasteiger partial charge in [-0.25, -0.2) is 13.1 Å². The molecule has 1 aromatic rings. The number of nitrogens with two attached hydrogens (primary N) is 1. The molecule has 3 N–H and O–H groups in total. The lowest BCUT2D eigenvalue weighted by Gasteiger charge is -2.30. The summed E-state index contributed by atoms with van der Waals surface area (Å²) >= 11 is 0. The van der Waals surface area contributed by atoms with E-state index in [0.717, 1.165) is 38.2 Å². The van der Waals surface area contributed by atoms with Crippen molar-refractivity contribution in [2.45, 2.75) is 50.1 Å². The van der Waals surface area contributed by atoms with Gasteiger partial charge in [-0.2, -0.15) is 13.2 Å². The molecule has 1 aliphatic carbocycles. The lowest BCUT2D eigenvalue weighted by molar-refractivity contribution is -0.138. The summed E-state index contributed by atoms with van der Waals surface area (Å²) in [6, 6.07) is 4.32. The van der Waals surface area contributed by atoms with Crippen LogP contribution in [0.3, 0.4) is 0 Å². The van der Waals surface area contributed by atoms with E-state index < -0.39 is 33.6 Å². The summed E-state index contributed by atoms with van der Waals surface area (Å²) < 4.78 is 66.3. The van der Waals surface area contributed by atoms with E-state index in [4.69, 9.17) is 5.73 Å². The molecule has 0 spiro atoms. The van der Waals surface area contributed by atoms with Crippen LogP contribution in [0.1, 0.15) is 43.2 Å². The largest absolute Gasteiger partial charge is 0.416 e. The molecule has 1 aliphatic rings. The van der Waals surface area contributed by atoms with Gasteiger partial charge in [0.1, 0.15) is 0 Å². The van der Waals surface area contributed by atoms with Gasteiger partial charge in [0.05, 0.1) is 11.3 Å². The minimum absolute atomic E-state index is 0. The van der Waals surface area contributed by atoms with Crippen molar-refractivity contribution in [3.63, 3.8) is 0 Å². The van der Waals surface area contributed by atoms with Gasteiger partial charge in [0.15, 0.2) is 0 Å². The van der Waals surface area contributed by atoms with E-state index in [-0.39, 0.29) is 30.4 Å². The van der Waals surface area contributed by atoms with E-state index in [1.165, 1.54) is 18.2 Å². The van der Waals surface area contributed by atoms with Crippen molar-refractivity contribution < 1.29 is 21.6 Å². The third-order valence-electron chi connectivity index (χ3n) is 4.47. The van der Waals surface area contributed by atoms with E-state index in [1.807, 2.05) is 0 Å². The molecular formula is C16H24ClF3N2O2S. The van der Waals surface area contributed by atoms with Crippen molar-refractivity contribution in [2.24, 2.45) is 11.7 Å². The van der Waals surface area contributed by atoms with Gasteiger partial charge >= 0.3 is 6.18 Å². The summed E-state index contributed by atoms with van der Waals surface area (Å²) in [7, 11) is -3.91. The Kier molecular flexibility index (Phi) is 8.18. The first-order valence-electron chi connectivity index (χ1n) is 8.08. The number of hydrogen-bond acceptors (Lipinski definition) is 3. The molecule has 0 amide bonds. The Labute approximate surface area is 152 Å². The molecule has 0 saturated heterocycles. The molecule has 0 radical (unpaired) electrons. The first-order valence-corrected chi connectivity index (χ1v) is 9.73. The standard InChI is InChI=1S/C16H23F3N2O2S.ClH/c17-16(18,19)14-9-5-4-8-13(14)11-24(22,23)21-15(10-20)12-6-2-1-3-7-12;/h4-5,8-9,12,15,21H,1-3,6-7,10-11,20H2;1H. The SMILES string of the molecule is Cl.NCC(NS(=O)(=O)Cc1ccccc1C(F)(F)F)C1CCCCC1. The molecule has 0 heterocycles. The van der Waals surface area contributed by atoms with Gasteiger partial charge in [0.2, 0.25) is 10.0 Å². The molecule has 1 atom stereocenters. The smallest absolute Gasteiger partial charge is 0.329 e. The molecule has 25 heavy (non-hydrogen) atoms. The van der Waals surface area contributed by atoms with Crippen molar-refractivity contribution in [3.05, 3.63) is 35.4 Å². The molecule has 0 aromatic heterocycles. The Morgan fingerprint density at radius 3 is 2.32 bits per heavy atom. The molecule has 1 aromatic carbocycles. The quantitative estimate of drug-likeness (QED) is 0.768. The van der Waals surface area contributed by atoms with Gasteiger partial charge in [-0.15, -0.1) is 12.4 Å². The molecule has 1 saturated carbocycles. The second-order valence-corrected chi connectivity index (χ2v) is 8.03. The lowest BCUT2D eigenvalue weighted by Crippen LogP contribution is -2.46. The van der Waals surface area contributed by atoms with Crippen LogP contribution in [0.25, 0.3) is 0 Å². The first-order chi connectivity index (χ1) is 11.2. The van der Waals surface area contributed by atoms with E-state index in [1.54, 1.807) is 0 Å². The minimum atomic E-state index is -4.58. The van der Waals surface area contributed by atoms with Gasteiger partial charge in [0, 0.05) is 12.6 Å². The van der Waals surface area contributed by atoms with Crippen molar-refractivity contribution >= 4 is 22.4 Å². The summed E-state index contributed by atoms with van der Waals surface area (Å²) in [5, 5.41) is 0. The number of sulfonamides is 1. The highest BCUT2D eigenvalue weighted by molar-refractivity contribution is 7.88. The number of rotatable bonds is 6. The minimum Gasteiger partial charge on any atom is -0.329 e. The van der Waals surface area contributed by atoms with Crippen LogP contribution in [0.4, 0.5) is 13.2 Å². The van der Waals surface area contributed by atoms with Crippen LogP contribution >= 0.6 is 12.4 Å². The molecular weight excluding hydrogens is 377 g/mol. The van der Waals surface area contributed by atoms with Crippen LogP contribution in [0.15, 0.2) is 24.3 Å². The molecule has 144 valence electrons. The van der Waals surface area contributed by atoms with Gasteiger partial charge in [-0.05, 0) is 30.4 Å². The Balaban J connectivity index is 0.00000312. The Hall–Kier alpha value is -0.830. The number of alkyl halides is 3. The predicted molar refractivity (Wildman–Crippen MR) is 93.9 cm³/mol. The Morgan fingerprint density at radius 1 is 1.16 bits per heavy atom. The van der Waals surface area contributed by atoms with E-state index in [0.29, 0.717) is 0 Å². The summed E-state index contributed by atoms with van der Waals surface area (Å²) in [4.78, 5) is 0. The van der Waals surface area contributed by atoms with E-state index in [9.17, 15) is 21.6 Å². The van der Waals surface area contributed by atoms with Crippen LogP contribution in [0.5, 0.6) is 0 Å². The van der Waals surface area contributed by atoms with E-state index >= 15 is 0 Å². The topological polar surface area (TPSA) is 72.2 Å². The Bertz CT molecular complexity index is 647. The van der Waals surface area contributed by atoms with Crippen LogP contribution in [-0.4, -0.2) is 21.0 Å². The number of halogens is 4. The summed E-state index contributed by atoms with van der Waals surface area (Å²) in [5.41, 5.74) is 4.52. The Morgan fingerprint density at radius 2 is 1.76 bits per heavy atom. The molecule has 1 unspecified atom stereocenters. The van der Waals surface area contributed by atoms with Gasteiger partial charge in [0.25, 0.3) is 0 Å². The number of nitrogens with one attached hydrogen (secondary N) is 1. The van der Waals surface area contributed by atoms with Crippen molar-refractivity contribution in [3.8, 4) is 0 Å². The maximum Gasteiger partial charge on any atom is 0.416 e. The van der Waals surface area contributed by atoms with Crippen molar-refractivity contribution in [2.75, 3.05) is 6.54 Å². The highest BCUT2D eigenvalue weighted by Gasteiger charge is 2.34. The number of benzene rings is 1. The highest BCUT2D eigenvalue weighted by Crippen LogP contribution is 2.33. The molecule has 1 fully saturated rings. The second kappa shape index (κ2) is 9.21. The molecule has 2 rings (SSSR count). The van der Waals surface area contributed by atoms with Crippen LogP contribution in [0, 0.1) is 5.92 Å². The predicted octanol–water partition coefficient (Wildman–Crippen LogP) is 3.45. The second-order valence-electron chi connectivity index (χ2n) is 6.27. The molecule has 9 heteroatoms. The van der Waals surface area contributed by atoms with Gasteiger partial charge < -0.3 is 5.73 Å². The summed E-state index contributed by atoms with van der Waals surface area (Å²) in [5.74, 6) is -0.553. The highest BCUT2D eigenvalue weighted by atomic mass is 35.5. The zero-order valence-corrected chi connectivity index (χ0v) is 15.4. The monoisotopic (exact) mass is 400 g/mol. The molecule has 0 bridgehead atoms. The van der Waals surface area contributed by atoms with Crippen LogP contribution < -0.4 is 10.5 Å². The number of hydrogen-bond donors (Lipinski definition) is 2. The average Bonchev–Trinajstić information content (AvgIpc) is 2.52. The first kappa shape index (κ1) is 22.2. The fourth-order valence-electron chi connectivity index (χ4n) is 3.27. The van der Waals surface area contributed by atoms with Crippen LogP contribution in [-0.2, 0) is 22.0 Å². The van der Waals surface area contributed by atoms with Crippen molar-refractivity contribution in [1.29, 1.82) is 0 Å². The normalized spacial score (nSPS) is 17.8. The maximum absolute atomic E-state index is 13.0. The third kappa shape index (κ3) is 6.44. The molecule has 4 nitrogen and oxygen atoms in total. The lowest BCUT2D eigenvalue weighted by atomic mass is 9.84. The summed E-state index contributed by atoms with van der Waals surface area (Å²) in [6.07, 6.45) is 0.384.